The van der Waals surface area contributed by atoms with E-state index in [1.54, 1.807) is 32.9 Å². The van der Waals surface area contributed by atoms with E-state index in [0.29, 0.717) is 11.4 Å². The number of rotatable bonds is 7. The molecule has 1 saturated heterocycles. The second-order valence-electron chi connectivity index (χ2n) is 9.24. The van der Waals surface area contributed by atoms with Crippen LogP contribution in [-0.2, 0) is 25.5 Å². The van der Waals surface area contributed by atoms with Gasteiger partial charge in [-0.2, -0.15) is 11.8 Å². The van der Waals surface area contributed by atoms with Gasteiger partial charge >= 0.3 is 12.1 Å². The SMILES string of the molecule is CSC1C(=N)C=CC(N2CC(C(=O)N[C@H](Cc3ccccc3)C(=O)OC(C)(C)C)OC2=O)=C1C. The van der Waals surface area contributed by atoms with Gasteiger partial charge in [0.2, 0.25) is 0 Å². The van der Waals surface area contributed by atoms with Crippen molar-refractivity contribution in [3.05, 3.63) is 59.3 Å². The van der Waals surface area contributed by atoms with Crippen LogP contribution in [0.15, 0.2) is 53.8 Å². The van der Waals surface area contributed by atoms with E-state index in [1.807, 2.05) is 43.5 Å². The van der Waals surface area contributed by atoms with Crippen molar-refractivity contribution in [1.82, 2.24) is 10.2 Å². The van der Waals surface area contributed by atoms with Crippen LogP contribution in [0.5, 0.6) is 0 Å². The molecule has 1 aliphatic carbocycles. The first-order valence-electron chi connectivity index (χ1n) is 11.1. The first-order chi connectivity index (χ1) is 16.0. The molecule has 0 radical (unpaired) electrons. The number of thioether (sulfide) groups is 1. The molecule has 3 rings (SSSR count). The van der Waals surface area contributed by atoms with Gasteiger partial charge in [-0.05, 0) is 57.2 Å². The van der Waals surface area contributed by atoms with Crippen molar-refractivity contribution < 1.29 is 23.9 Å². The Kier molecular flexibility index (Phi) is 7.86. The Morgan fingerprint density at radius 3 is 2.56 bits per heavy atom. The maximum absolute atomic E-state index is 13.0. The molecule has 1 fully saturated rings. The summed E-state index contributed by atoms with van der Waals surface area (Å²) >= 11 is 1.51. The fourth-order valence-electron chi connectivity index (χ4n) is 3.84. The van der Waals surface area contributed by atoms with Gasteiger partial charge in [-0.25, -0.2) is 9.59 Å². The van der Waals surface area contributed by atoms with E-state index in [0.717, 1.165) is 11.1 Å². The van der Waals surface area contributed by atoms with Crippen molar-refractivity contribution in [2.24, 2.45) is 0 Å². The zero-order valence-corrected chi connectivity index (χ0v) is 20.9. The third-order valence-electron chi connectivity index (χ3n) is 5.42. The number of benzene rings is 1. The average molecular weight is 486 g/mol. The lowest BCUT2D eigenvalue weighted by Gasteiger charge is -2.26. The van der Waals surface area contributed by atoms with Crippen LogP contribution < -0.4 is 5.32 Å². The summed E-state index contributed by atoms with van der Waals surface area (Å²) in [5, 5.41) is 10.6. The minimum absolute atomic E-state index is 0.0164. The molecule has 1 heterocycles. The van der Waals surface area contributed by atoms with Gasteiger partial charge in [0.15, 0.2) is 6.10 Å². The highest BCUT2D eigenvalue weighted by molar-refractivity contribution is 8.00. The second-order valence-corrected chi connectivity index (χ2v) is 10.2. The van der Waals surface area contributed by atoms with Crippen molar-refractivity contribution >= 4 is 35.4 Å². The largest absolute Gasteiger partial charge is 0.458 e. The number of esters is 1. The molecule has 34 heavy (non-hydrogen) atoms. The standard InChI is InChI=1S/C25H31N3O5S/c1-15-19(12-11-17(26)21(15)34-5)28-14-20(32-24(28)31)22(29)27-18(23(30)33-25(2,3)4)13-16-9-7-6-8-10-16/h6-12,18,20-21,26H,13-14H2,1-5H3,(H,27,29)/t18-,20?,21?/m1/s1. The van der Waals surface area contributed by atoms with E-state index in [2.05, 4.69) is 5.32 Å². The Labute approximate surface area is 204 Å². The summed E-state index contributed by atoms with van der Waals surface area (Å²) in [5.74, 6) is -1.11. The number of nitrogens with one attached hydrogen (secondary N) is 2. The van der Waals surface area contributed by atoms with Gasteiger partial charge in [0, 0.05) is 17.8 Å². The summed E-state index contributed by atoms with van der Waals surface area (Å²) in [6.45, 7) is 7.17. The van der Waals surface area contributed by atoms with Crippen LogP contribution >= 0.6 is 11.8 Å². The fraction of sp³-hybridized carbons (Fsp3) is 0.440. The molecule has 0 aromatic heterocycles. The summed E-state index contributed by atoms with van der Waals surface area (Å²) in [6, 6.07) is 8.39. The van der Waals surface area contributed by atoms with E-state index in [1.165, 1.54) is 16.7 Å². The topological polar surface area (TPSA) is 109 Å². The average Bonchev–Trinajstić information content (AvgIpc) is 3.14. The molecule has 2 N–H and O–H groups in total. The molecule has 9 heteroatoms. The van der Waals surface area contributed by atoms with Crippen LogP contribution in [0.3, 0.4) is 0 Å². The Morgan fingerprint density at radius 2 is 1.94 bits per heavy atom. The first kappa shape index (κ1) is 25.6. The molecule has 0 spiro atoms. The van der Waals surface area contributed by atoms with Gasteiger partial charge in [0.25, 0.3) is 5.91 Å². The van der Waals surface area contributed by atoms with Gasteiger partial charge in [0.1, 0.15) is 11.6 Å². The van der Waals surface area contributed by atoms with Gasteiger partial charge in [-0.3, -0.25) is 9.69 Å². The Hall–Kier alpha value is -3.07. The van der Waals surface area contributed by atoms with Gasteiger partial charge in [0.05, 0.1) is 11.8 Å². The van der Waals surface area contributed by atoms with Crippen LogP contribution in [0.2, 0.25) is 0 Å². The van der Waals surface area contributed by atoms with Crippen molar-refractivity contribution in [2.75, 3.05) is 12.8 Å². The molecule has 2 amide bonds. The van der Waals surface area contributed by atoms with E-state index in [9.17, 15) is 14.4 Å². The lowest BCUT2D eigenvalue weighted by Crippen LogP contribution is -2.49. The zero-order chi connectivity index (χ0) is 25.0. The molecule has 1 aliphatic heterocycles. The van der Waals surface area contributed by atoms with Crippen molar-refractivity contribution in [1.29, 1.82) is 5.41 Å². The summed E-state index contributed by atoms with van der Waals surface area (Å²) in [7, 11) is 0. The molecule has 1 aromatic rings. The lowest BCUT2D eigenvalue weighted by atomic mass is 10.0. The van der Waals surface area contributed by atoms with E-state index >= 15 is 0 Å². The highest BCUT2D eigenvalue weighted by atomic mass is 32.2. The van der Waals surface area contributed by atoms with Gasteiger partial charge in [-0.1, -0.05) is 30.3 Å². The molecule has 1 aromatic carbocycles. The number of nitrogens with zero attached hydrogens (tertiary/aromatic N) is 1. The van der Waals surface area contributed by atoms with Crippen molar-refractivity contribution in [2.45, 2.75) is 57.1 Å². The molecule has 0 bridgehead atoms. The molecule has 8 nitrogen and oxygen atoms in total. The quantitative estimate of drug-likeness (QED) is 0.573. The minimum atomic E-state index is -1.07. The molecule has 0 saturated carbocycles. The number of ether oxygens (including phenoxy) is 2. The molecular formula is C25H31N3O5S. The number of hydrogen-bond donors (Lipinski definition) is 2. The normalized spacial score (nSPS) is 21.4. The van der Waals surface area contributed by atoms with Crippen molar-refractivity contribution in [3.63, 3.8) is 0 Å². The fourth-order valence-corrected chi connectivity index (χ4v) is 4.65. The van der Waals surface area contributed by atoms with Gasteiger partial charge in [-0.15, -0.1) is 0 Å². The number of amides is 2. The summed E-state index contributed by atoms with van der Waals surface area (Å²) in [6.07, 6.45) is 3.80. The first-order valence-corrected chi connectivity index (χ1v) is 12.3. The van der Waals surface area contributed by atoms with Crippen LogP contribution in [0.25, 0.3) is 0 Å². The predicted octanol–water partition coefficient (Wildman–Crippen LogP) is 3.47. The van der Waals surface area contributed by atoms with Crippen molar-refractivity contribution in [3.8, 4) is 0 Å². The Morgan fingerprint density at radius 1 is 1.26 bits per heavy atom. The third-order valence-corrected chi connectivity index (χ3v) is 6.50. The van der Waals surface area contributed by atoms with Crippen LogP contribution in [0, 0.1) is 5.41 Å². The number of cyclic esters (lactones) is 1. The third kappa shape index (κ3) is 6.08. The maximum atomic E-state index is 13.0. The molecular weight excluding hydrogens is 454 g/mol. The smallest absolute Gasteiger partial charge is 0.415 e. The predicted molar refractivity (Wildman–Crippen MR) is 132 cm³/mol. The molecule has 182 valence electrons. The number of hydrogen-bond acceptors (Lipinski definition) is 7. The summed E-state index contributed by atoms with van der Waals surface area (Å²) in [5.41, 5.74) is 2.09. The van der Waals surface area contributed by atoms with E-state index < -0.39 is 35.7 Å². The number of carbonyl (C=O) groups excluding carboxylic acids is 3. The summed E-state index contributed by atoms with van der Waals surface area (Å²) in [4.78, 5) is 39.9. The van der Waals surface area contributed by atoms with Crippen LogP contribution in [0.4, 0.5) is 4.79 Å². The van der Waals surface area contributed by atoms with Crippen LogP contribution in [0.1, 0.15) is 33.3 Å². The van der Waals surface area contributed by atoms with Gasteiger partial charge < -0.3 is 20.2 Å². The molecule has 2 unspecified atom stereocenters. The van der Waals surface area contributed by atoms with E-state index in [-0.39, 0.29) is 18.2 Å². The monoisotopic (exact) mass is 485 g/mol. The Balaban J connectivity index is 1.75. The highest BCUT2D eigenvalue weighted by Gasteiger charge is 2.40. The number of allylic oxidation sites excluding steroid dienone is 2. The molecule has 2 aliphatic rings. The lowest BCUT2D eigenvalue weighted by molar-refractivity contribution is -0.159. The second kappa shape index (κ2) is 10.5. The van der Waals surface area contributed by atoms with Crippen LogP contribution in [-0.4, -0.2) is 64.4 Å². The summed E-state index contributed by atoms with van der Waals surface area (Å²) < 4.78 is 10.9. The maximum Gasteiger partial charge on any atom is 0.415 e. The Bertz CT molecular complexity index is 1030. The minimum Gasteiger partial charge on any atom is -0.458 e. The zero-order valence-electron chi connectivity index (χ0n) is 20.1. The molecule has 3 atom stereocenters. The van der Waals surface area contributed by atoms with E-state index in [4.69, 9.17) is 14.9 Å². The highest BCUT2D eigenvalue weighted by Crippen LogP contribution is 2.30. The number of carbonyl (C=O) groups is 3.